The van der Waals surface area contributed by atoms with Crippen molar-refractivity contribution in [3.8, 4) is 6.07 Å². The van der Waals surface area contributed by atoms with Gasteiger partial charge in [0.05, 0.1) is 30.3 Å². The van der Waals surface area contributed by atoms with Crippen LogP contribution in [-0.4, -0.2) is 60.1 Å². The zero-order valence-corrected chi connectivity index (χ0v) is 15.5. The number of nitrogens with one attached hydrogen (secondary N) is 1. The molecule has 1 aliphatic heterocycles. The van der Waals surface area contributed by atoms with Crippen molar-refractivity contribution >= 4 is 22.5 Å². The molecule has 0 aliphatic carbocycles. The maximum absolute atomic E-state index is 12.4. The van der Waals surface area contributed by atoms with Crippen LogP contribution in [0, 0.1) is 11.3 Å². The molecule has 1 saturated heterocycles. The van der Waals surface area contributed by atoms with Gasteiger partial charge in [-0.1, -0.05) is 0 Å². The molecule has 2 aromatic rings. The second-order valence-electron chi connectivity index (χ2n) is 6.79. The van der Waals surface area contributed by atoms with Crippen LogP contribution in [0.1, 0.15) is 12.5 Å². The molecule has 3 rings (SSSR count). The van der Waals surface area contributed by atoms with Crippen LogP contribution >= 0.6 is 0 Å². The SMILES string of the molecule is C[C@@H]1CN(c2ccc(C#N)c3ncccc23)C[C@H](C(=O)NCC(O)C(F)(F)F)O1. The number of morpholine rings is 1. The van der Waals surface area contributed by atoms with E-state index in [1.165, 1.54) is 0 Å². The number of fused-ring (bicyclic) bond motifs is 1. The molecule has 1 aromatic heterocycles. The highest BCUT2D eigenvalue weighted by molar-refractivity contribution is 5.95. The number of aliphatic hydroxyl groups is 1. The highest BCUT2D eigenvalue weighted by Gasteiger charge is 2.39. The molecular weight excluding hydrogens is 389 g/mol. The summed E-state index contributed by atoms with van der Waals surface area (Å²) in [6.07, 6.45) is -7.25. The summed E-state index contributed by atoms with van der Waals surface area (Å²) in [4.78, 5) is 18.5. The number of ether oxygens (including phenoxy) is 1. The molecule has 0 saturated carbocycles. The van der Waals surface area contributed by atoms with Crippen LogP contribution in [0.25, 0.3) is 10.9 Å². The Kier molecular flexibility index (Phi) is 5.91. The molecule has 1 fully saturated rings. The largest absolute Gasteiger partial charge is 0.416 e. The Bertz CT molecular complexity index is 944. The Balaban J connectivity index is 1.80. The summed E-state index contributed by atoms with van der Waals surface area (Å²) in [5.41, 5.74) is 1.69. The van der Waals surface area contributed by atoms with E-state index in [2.05, 4.69) is 16.4 Å². The summed E-state index contributed by atoms with van der Waals surface area (Å²) in [5.74, 6) is -0.735. The molecule has 3 atom stereocenters. The van der Waals surface area contributed by atoms with Crippen molar-refractivity contribution in [2.45, 2.75) is 31.4 Å². The number of anilines is 1. The smallest absolute Gasteiger partial charge is 0.382 e. The van der Waals surface area contributed by atoms with Crippen LogP contribution in [0.15, 0.2) is 30.5 Å². The molecule has 154 valence electrons. The fourth-order valence-corrected chi connectivity index (χ4v) is 3.24. The number of carbonyl (C=O) groups is 1. The van der Waals surface area contributed by atoms with Gasteiger partial charge in [-0.2, -0.15) is 18.4 Å². The van der Waals surface area contributed by atoms with E-state index in [1.807, 2.05) is 11.0 Å². The Hall–Kier alpha value is -2.90. The van der Waals surface area contributed by atoms with Gasteiger partial charge in [0.2, 0.25) is 0 Å². The normalized spacial score (nSPS) is 20.9. The lowest BCUT2D eigenvalue weighted by atomic mass is 10.1. The van der Waals surface area contributed by atoms with E-state index >= 15 is 0 Å². The van der Waals surface area contributed by atoms with Gasteiger partial charge in [-0.05, 0) is 31.2 Å². The fourth-order valence-electron chi connectivity index (χ4n) is 3.24. The summed E-state index contributed by atoms with van der Waals surface area (Å²) in [5, 5.41) is 21.2. The van der Waals surface area contributed by atoms with Gasteiger partial charge in [0.1, 0.15) is 6.07 Å². The average molecular weight is 408 g/mol. The van der Waals surface area contributed by atoms with E-state index in [1.54, 1.807) is 31.3 Å². The minimum Gasteiger partial charge on any atom is -0.382 e. The molecule has 1 amide bonds. The first-order chi connectivity index (χ1) is 13.7. The first kappa shape index (κ1) is 20.8. The van der Waals surface area contributed by atoms with Crippen LogP contribution in [0.5, 0.6) is 0 Å². The summed E-state index contributed by atoms with van der Waals surface area (Å²) < 4.78 is 42.9. The molecule has 1 unspecified atom stereocenters. The van der Waals surface area contributed by atoms with Gasteiger partial charge in [0.25, 0.3) is 5.91 Å². The monoisotopic (exact) mass is 408 g/mol. The number of halogens is 3. The summed E-state index contributed by atoms with van der Waals surface area (Å²) >= 11 is 0. The van der Waals surface area contributed by atoms with Crippen molar-refractivity contribution in [1.29, 1.82) is 5.26 Å². The second-order valence-corrected chi connectivity index (χ2v) is 6.79. The van der Waals surface area contributed by atoms with Gasteiger partial charge in [0.15, 0.2) is 12.2 Å². The summed E-state index contributed by atoms with van der Waals surface area (Å²) in [6, 6.07) is 9.03. The van der Waals surface area contributed by atoms with Crippen LogP contribution in [0.2, 0.25) is 0 Å². The lowest BCUT2D eigenvalue weighted by molar-refractivity contribution is -0.202. The van der Waals surface area contributed by atoms with E-state index < -0.39 is 30.8 Å². The molecule has 29 heavy (non-hydrogen) atoms. The number of hydrogen-bond acceptors (Lipinski definition) is 6. The van der Waals surface area contributed by atoms with Crippen LogP contribution in [-0.2, 0) is 9.53 Å². The third-order valence-corrected chi connectivity index (χ3v) is 4.61. The standard InChI is InChI=1S/C19H19F3N4O3/c1-11-9-26(10-15(29-11)18(28)25-8-16(27)19(20,21)22)14-5-4-12(7-23)17-13(14)3-2-6-24-17/h2-6,11,15-16,27H,8-10H2,1H3,(H,25,28)/t11-,15-,16?/m1/s1. The van der Waals surface area contributed by atoms with Crippen LogP contribution < -0.4 is 10.2 Å². The molecule has 2 heterocycles. The Morgan fingerprint density at radius 3 is 2.90 bits per heavy atom. The van der Waals surface area contributed by atoms with Crippen LogP contribution in [0.3, 0.4) is 0 Å². The lowest BCUT2D eigenvalue weighted by Crippen LogP contribution is -2.54. The maximum atomic E-state index is 12.4. The first-order valence-corrected chi connectivity index (χ1v) is 8.91. The molecule has 7 nitrogen and oxygen atoms in total. The van der Waals surface area contributed by atoms with Crippen molar-refractivity contribution in [2.24, 2.45) is 0 Å². The number of benzene rings is 1. The van der Waals surface area contributed by atoms with Crippen molar-refractivity contribution in [3.05, 3.63) is 36.0 Å². The van der Waals surface area contributed by atoms with E-state index in [-0.39, 0.29) is 12.6 Å². The van der Waals surface area contributed by atoms with Crippen molar-refractivity contribution in [3.63, 3.8) is 0 Å². The number of aromatic nitrogens is 1. The van der Waals surface area contributed by atoms with Crippen molar-refractivity contribution in [1.82, 2.24) is 10.3 Å². The second kappa shape index (κ2) is 8.23. The Morgan fingerprint density at radius 2 is 2.21 bits per heavy atom. The van der Waals surface area contributed by atoms with Gasteiger partial charge in [-0.25, -0.2) is 0 Å². The number of nitriles is 1. The lowest BCUT2D eigenvalue weighted by Gasteiger charge is -2.38. The molecule has 0 radical (unpaired) electrons. The number of pyridine rings is 1. The van der Waals surface area contributed by atoms with E-state index in [0.717, 1.165) is 11.1 Å². The van der Waals surface area contributed by atoms with E-state index in [4.69, 9.17) is 9.84 Å². The molecule has 0 bridgehead atoms. The predicted molar refractivity (Wildman–Crippen MR) is 98.1 cm³/mol. The maximum Gasteiger partial charge on any atom is 0.416 e. The first-order valence-electron chi connectivity index (χ1n) is 8.91. The summed E-state index contributed by atoms with van der Waals surface area (Å²) in [6.45, 7) is 1.36. The molecule has 1 aromatic carbocycles. The molecule has 10 heteroatoms. The van der Waals surface area contributed by atoms with Crippen LogP contribution in [0.4, 0.5) is 18.9 Å². The van der Waals surface area contributed by atoms with E-state index in [9.17, 15) is 23.2 Å². The number of alkyl halides is 3. The number of carbonyl (C=O) groups excluding carboxylic acids is 1. The molecule has 1 aliphatic rings. The molecule has 2 N–H and O–H groups in total. The zero-order valence-electron chi connectivity index (χ0n) is 15.5. The van der Waals surface area contributed by atoms with Crippen molar-refractivity contribution < 1.29 is 27.8 Å². The molecule has 0 spiro atoms. The summed E-state index contributed by atoms with van der Waals surface area (Å²) in [7, 11) is 0. The minimum atomic E-state index is -4.81. The fraction of sp³-hybridized carbons (Fsp3) is 0.421. The van der Waals surface area contributed by atoms with E-state index in [0.29, 0.717) is 17.6 Å². The quantitative estimate of drug-likeness (QED) is 0.800. The topological polar surface area (TPSA) is 98.5 Å². The number of amides is 1. The number of aliphatic hydroxyl groups excluding tert-OH is 1. The highest BCUT2D eigenvalue weighted by atomic mass is 19.4. The van der Waals surface area contributed by atoms with Crippen molar-refractivity contribution in [2.75, 3.05) is 24.5 Å². The highest BCUT2D eigenvalue weighted by Crippen LogP contribution is 2.30. The minimum absolute atomic E-state index is 0.105. The Labute approximate surface area is 164 Å². The predicted octanol–water partition coefficient (Wildman–Crippen LogP) is 1.74. The number of rotatable bonds is 4. The van der Waals surface area contributed by atoms with Gasteiger partial charge in [-0.3, -0.25) is 9.78 Å². The van der Waals surface area contributed by atoms with Gasteiger partial charge < -0.3 is 20.1 Å². The Morgan fingerprint density at radius 1 is 1.45 bits per heavy atom. The molecular formula is C19H19F3N4O3. The van der Waals surface area contributed by atoms with Gasteiger partial charge in [-0.15, -0.1) is 0 Å². The third kappa shape index (κ3) is 4.58. The average Bonchev–Trinajstić information content (AvgIpc) is 2.69. The third-order valence-electron chi connectivity index (χ3n) is 4.61. The number of nitrogens with zero attached hydrogens (tertiary/aromatic N) is 3. The van der Waals surface area contributed by atoms with Gasteiger partial charge in [0, 0.05) is 23.8 Å². The zero-order chi connectivity index (χ0) is 21.2. The van der Waals surface area contributed by atoms with Gasteiger partial charge >= 0.3 is 6.18 Å². The number of hydrogen-bond donors (Lipinski definition) is 2.